The number of ether oxygens (including phenoxy) is 1. The van der Waals surface area contributed by atoms with Crippen LogP contribution in [0.1, 0.15) is 30.4 Å². The van der Waals surface area contributed by atoms with Gasteiger partial charge in [-0.1, -0.05) is 6.07 Å². The van der Waals surface area contributed by atoms with Gasteiger partial charge in [-0.2, -0.15) is 0 Å². The van der Waals surface area contributed by atoms with Gasteiger partial charge in [0.15, 0.2) is 0 Å². The van der Waals surface area contributed by atoms with E-state index in [0.717, 1.165) is 12.1 Å². The van der Waals surface area contributed by atoms with Gasteiger partial charge in [0.1, 0.15) is 5.75 Å². The van der Waals surface area contributed by atoms with Crippen molar-refractivity contribution in [2.45, 2.75) is 38.0 Å². The lowest BCUT2D eigenvalue weighted by atomic mass is 10.1. The summed E-state index contributed by atoms with van der Waals surface area (Å²) in [6, 6.07) is 11.8. The molecule has 0 aliphatic carbocycles. The van der Waals surface area contributed by atoms with Crippen molar-refractivity contribution in [1.29, 1.82) is 0 Å². The van der Waals surface area contributed by atoms with Gasteiger partial charge >= 0.3 is 0 Å². The highest BCUT2D eigenvalue weighted by Gasteiger charge is 2.24. The van der Waals surface area contributed by atoms with Crippen LogP contribution in [-0.4, -0.2) is 31.2 Å². The molecule has 1 saturated heterocycles. The number of hydrogen-bond donors (Lipinski definition) is 1. The highest BCUT2D eigenvalue weighted by Crippen LogP contribution is 2.34. The number of benzene rings is 2. The third-order valence-electron chi connectivity index (χ3n) is 4.90. The molecule has 0 unspecified atom stereocenters. The molecular formula is C22H26N2O3S. The Labute approximate surface area is 170 Å². The Hall–Kier alpha value is -2.47. The first-order chi connectivity index (χ1) is 13.5. The molecule has 0 atom stereocenters. The van der Waals surface area contributed by atoms with Crippen molar-refractivity contribution in [3.63, 3.8) is 0 Å². The molecule has 1 heterocycles. The Morgan fingerprint density at radius 3 is 2.68 bits per heavy atom. The zero-order valence-electron chi connectivity index (χ0n) is 16.6. The zero-order valence-corrected chi connectivity index (χ0v) is 17.4. The Balaban J connectivity index is 1.56. The average molecular weight is 399 g/mol. The van der Waals surface area contributed by atoms with E-state index in [0.29, 0.717) is 36.6 Å². The van der Waals surface area contributed by atoms with Crippen LogP contribution in [0, 0.1) is 13.8 Å². The van der Waals surface area contributed by atoms with E-state index in [1.54, 1.807) is 29.8 Å². The van der Waals surface area contributed by atoms with E-state index in [-0.39, 0.29) is 11.8 Å². The number of nitrogens with zero attached hydrogens (tertiary/aromatic N) is 1. The molecule has 1 aliphatic heterocycles. The number of thioether (sulfide) groups is 1. The number of carbonyl (C=O) groups excluding carboxylic acids is 2. The van der Waals surface area contributed by atoms with E-state index in [1.165, 1.54) is 16.0 Å². The van der Waals surface area contributed by atoms with E-state index >= 15 is 0 Å². The topological polar surface area (TPSA) is 58.6 Å². The van der Waals surface area contributed by atoms with Gasteiger partial charge in [0, 0.05) is 41.8 Å². The highest BCUT2D eigenvalue weighted by atomic mass is 32.2. The maximum atomic E-state index is 12.3. The molecule has 1 fully saturated rings. The first kappa shape index (κ1) is 20.3. The Kier molecular flexibility index (Phi) is 6.62. The highest BCUT2D eigenvalue weighted by molar-refractivity contribution is 7.99. The second kappa shape index (κ2) is 9.15. The van der Waals surface area contributed by atoms with Crippen LogP contribution in [0.5, 0.6) is 5.75 Å². The van der Waals surface area contributed by atoms with Crippen LogP contribution >= 0.6 is 11.8 Å². The fraction of sp³-hybridized carbons (Fsp3) is 0.364. The van der Waals surface area contributed by atoms with Gasteiger partial charge in [0.2, 0.25) is 11.8 Å². The van der Waals surface area contributed by atoms with Crippen LogP contribution in [-0.2, 0) is 9.59 Å². The SMILES string of the molecule is COc1cc(NC(=O)CCSc2ccc(C)c(C)c2)ccc1N1CCCC1=O. The maximum absolute atomic E-state index is 12.3. The first-order valence-corrected chi connectivity index (χ1v) is 10.4. The molecule has 0 radical (unpaired) electrons. The number of methoxy groups -OCH3 is 1. The van der Waals surface area contributed by atoms with Gasteiger partial charge in [-0.15, -0.1) is 11.8 Å². The Morgan fingerprint density at radius 2 is 2.00 bits per heavy atom. The molecule has 28 heavy (non-hydrogen) atoms. The minimum Gasteiger partial charge on any atom is -0.494 e. The van der Waals surface area contributed by atoms with Crippen LogP contribution in [0.4, 0.5) is 11.4 Å². The molecule has 6 heteroatoms. The van der Waals surface area contributed by atoms with Crippen molar-refractivity contribution >= 4 is 35.0 Å². The van der Waals surface area contributed by atoms with Gasteiger partial charge in [-0.25, -0.2) is 0 Å². The number of hydrogen-bond acceptors (Lipinski definition) is 4. The fourth-order valence-corrected chi connectivity index (χ4v) is 4.12. The van der Waals surface area contributed by atoms with Crippen molar-refractivity contribution < 1.29 is 14.3 Å². The van der Waals surface area contributed by atoms with Gasteiger partial charge in [0.25, 0.3) is 0 Å². The number of nitrogens with one attached hydrogen (secondary N) is 1. The van der Waals surface area contributed by atoms with Crippen molar-refractivity contribution in [1.82, 2.24) is 0 Å². The lowest BCUT2D eigenvalue weighted by Crippen LogP contribution is -2.24. The molecular weight excluding hydrogens is 372 g/mol. The minimum atomic E-state index is -0.0385. The monoisotopic (exact) mass is 398 g/mol. The van der Waals surface area contributed by atoms with Crippen molar-refractivity contribution in [3.8, 4) is 5.75 Å². The summed E-state index contributed by atoms with van der Waals surface area (Å²) in [4.78, 5) is 27.2. The van der Waals surface area contributed by atoms with Gasteiger partial charge < -0.3 is 15.0 Å². The van der Waals surface area contributed by atoms with E-state index in [9.17, 15) is 9.59 Å². The summed E-state index contributed by atoms with van der Waals surface area (Å²) in [5.41, 5.74) is 3.97. The van der Waals surface area contributed by atoms with Gasteiger partial charge in [0.05, 0.1) is 12.8 Å². The minimum absolute atomic E-state index is 0.0385. The van der Waals surface area contributed by atoms with E-state index in [4.69, 9.17) is 4.74 Å². The quantitative estimate of drug-likeness (QED) is 0.695. The predicted octanol–water partition coefficient (Wildman–Crippen LogP) is 4.56. The lowest BCUT2D eigenvalue weighted by Gasteiger charge is -2.19. The van der Waals surface area contributed by atoms with Crippen LogP contribution in [0.2, 0.25) is 0 Å². The molecule has 1 aliphatic rings. The molecule has 2 amide bonds. The fourth-order valence-electron chi connectivity index (χ4n) is 3.17. The normalized spacial score (nSPS) is 13.7. The number of aryl methyl sites for hydroxylation is 2. The summed E-state index contributed by atoms with van der Waals surface area (Å²) in [5.74, 6) is 1.38. The number of carbonyl (C=O) groups is 2. The van der Waals surface area contributed by atoms with Crippen LogP contribution in [0.25, 0.3) is 0 Å². The molecule has 1 N–H and O–H groups in total. The van der Waals surface area contributed by atoms with Crippen molar-refractivity contribution in [2.24, 2.45) is 0 Å². The molecule has 2 aromatic carbocycles. The number of anilines is 2. The average Bonchev–Trinajstić information content (AvgIpc) is 3.10. The summed E-state index contributed by atoms with van der Waals surface area (Å²) in [6.07, 6.45) is 1.85. The summed E-state index contributed by atoms with van der Waals surface area (Å²) in [5, 5.41) is 2.92. The number of amides is 2. The van der Waals surface area contributed by atoms with Crippen LogP contribution < -0.4 is 15.0 Å². The smallest absolute Gasteiger partial charge is 0.227 e. The predicted molar refractivity (Wildman–Crippen MR) is 114 cm³/mol. The molecule has 3 rings (SSSR count). The Morgan fingerprint density at radius 1 is 1.18 bits per heavy atom. The molecule has 0 saturated carbocycles. The maximum Gasteiger partial charge on any atom is 0.227 e. The molecule has 2 aromatic rings. The third kappa shape index (κ3) is 4.87. The zero-order chi connectivity index (χ0) is 20.1. The molecule has 5 nitrogen and oxygen atoms in total. The summed E-state index contributed by atoms with van der Waals surface area (Å²) >= 11 is 1.68. The third-order valence-corrected chi connectivity index (χ3v) is 5.90. The second-order valence-electron chi connectivity index (χ2n) is 6.93. The Bertz CT molecular complexity index is 882. The van der Waals surface area contributed by atoms with Crippen molar-refractivity contribution in [2.75, 3.05) is 29.6 Å². The summed E-state index contributed by atoms with van der Waals surface area (Å²) in [7, 11) is 1.57. The van der Waals surface area contributed by atoms with Crippen molar-refractivity contribution in [3.05, 3.63) is 47.5 Å². The first-order valence-electron chi connectivity index (χ1n) is 9.46. The van der Waals surface area contributed by atoms with Crippen LogP contribution in [0.3, 0.4) is 0 Å². The lowest BCUT2D eigenvalue weighted by molar-refractivity contribution is -0.117. The van der Waals surface area contributed by atoms with E-state index in [2.05, 4.69) is 37.4 Å². The summed E-state index contributed by atoms with van der Waals surface area (Å²) in [6.45, 7) is 4.89. The number of rotatable bonds is 7. The van der Waals surface area contributed by atoms with Crippen LogP contribution in [0.15, 0.2) is 41.3 Å². The van der Waals surface area contributed by atoms with E-state index < -0.39 is 0 Å². The standard InChI is InChI=1S/C22H26N2O3S/c1-15-6-8-18(13-16(15)2)28-12-10-21(25)23-17-7-9-19(20(14-17)27-3)24-11-4-5-22(24)26/h6-9,13-14H,4-5,10-12H2,1-3H3,(H,23,25). The molecule has 0 spiro atoms. The largest absolute Gasteiger partial charge is 0.494 e. The summed E-state index contributed by atoms with van der Waals surface area (Å²) < 4.78 is 5.44. The van der Waals surface area contributed by atoms with Gasteiger partial charge in [-0.3, -0.25) is 9.59 Å². The second-order valence-corrected chi connectivity index (χ2v) is 8.10. The molecule has 148 valence electrons. The van der Waals surface area contributed by atoms with E-state index in [1.807, 2.05) is 12.1 Å². The van der Waals surface area contributed by atoms with Gasteiger partial charge in [-0.05, 0) is 55.7 Å². The molecule has 0 bridgehead atoms. The molecule has 0 aromatic heterocycles.